The SMILES string of the molecule is C[Si](O)(CCC(F)(F)F)c1ccc([Si](C)(O)CCC(F)(F)F)o1. The van der Waals surface area contributed by atoms with Gasteiger partial charge in [-0.25, -0.2) is 0 Å². The van der Waals surface area contributed by atoms with Crippen molar-refractivity contribution < 1.29 is 40.4 Å². The molecule has 0 saturated carbocycles. The van der Waals surface area contributed by atoms with Crippen molar-refractivity contribution in [3.63, 3.8) is 0 Å². The molecule has 1 rings (SSSR count). The van der Waals surface area contributed by atoms with Crippen molar-refractivity contribution in [2.24, 2.45) is 0 Å². The van der Waals surface area contributed by atoms with Crippen LogP contribution in [-0.4, -0.2) is 38.6 Å². The summed E-state index contributed by atoms with van der Waals surface area (Å²) >= 11 is 0. The molecular formula is C12H18F6O3Si2. The molecule has 3 nitrogen and oxygen atoms in total. The topological polar surface area (TPSA) is 53.6 Å². The Balaban J connectivity index is 2.83. The van der Waals surface area contributed by atoms with E-state index >= 15 is 0 Å². The van der Waals surface area contributed by atoms with Gasteiger partial charge < -0.3 is 14.0 Å². The lowest BCUT2D eigenvalue weighted by Crippen LogP contribution is -2.48. The van der Waals surface area contributed by atoms with Crippen LogP contribution >= 0.6 is 0 Å². The summed E-state index contributed by atoms with van der Waals surface area (Å²) in [5, 5.41) is -0.145. The van der Waals surface area contributed by atoms with E-state index in [1.54, 1.807) is 0 Å². The molecule has 0 aliphatic rings. The van der Waals surface area contributed by atoms with Crippen molar-refractivity contribution in [1.29, 1.82) is 0 Å². The third-order valence-corrected chi connectivity index (χ3v) is 8.57. The molecule has 23 heavy (non-hydrogen) atoms. The second-order valence-corrected chi connectivity index (χ2v) is 13.0. The predicted molar refractivity (Wildman–Crippen MR) is 76.6 cm³/mol. The van der Waals surface area contributed by atoms with Gasteiger partial charge >= 0.3 is 12.4 Å². The van der Waals surface area contributed by atoms with Crippen LogP contribution in [0.2, 0.25) is 25.2 Å². The zero-order valence-corrected chi connectivity index (χ0v) is 14.6. The van der Waals surface area contributed by atoms with Crippen LogP contribution in [0.3, 0.4) is 0 Å². The van der Waals surface area contributed by atoms with Crippen LogP contribution in [0.15, 0.2) is 16.5 Å². The van der Waals surface area contributed by atoms with Crippen LogP contribution in [-0.2, 0) is 0 Å². The summed E-state index contributed by atoms with van der Waals surface area (Å²) in [7, 11) is -7.01. The Bertz CT molecular complexity index is 477. The lowest BCUT2D eigenvalue weighted by molar-refractivity contribution is -0.131. The van der Waals surface area contributed by atoms with E-state index in [0.29, 0.717) is 0 Å². The number of hydrogen-bond acceptors (Lipinski definition) is 3. The summed E-state index contributed by atoms with van der Waals surface area (Å²) in [6.07, 6.45) is -11.2. The summed E-state index contributed by atoms with van der Waals surface area (Å²) in [6, 6.07) is 1.45. The van der Waals surface area contributed by atoms with Crippen molar-refractivity contribution >= 4 is 27.4 Å². The van der Waals surface area contributed by atoms with Crippen LogP contribution < -0.4 is 10.8 Å². The molecule has 0 spiro atoms. The molecule has 2 unspecified atom stereocenters. The Hall–Kier alpha value is -0.786. The molecule has 0 aliphatic carbocycles. The maximum absolute atomic E-state index is 12.2. The van der Waals surface area contributed by atoms with Gasteiger partial charge in [-0.3, -0.25) is 0 Å². The van der Waals surface area contributed by atoms with Gasteiger partial charge in [0.2, 0.25) is 0 Å². The third-order valence-electron chi connectivity index (χ3n) is 3.46. The van der Waals surface area contributed by atoms with Gasteiger partial charge in [-0.2, -0.15) is 26.3 Å². The second kappa shape index (κ2) is 6.61. The van der Waals surface area contributed by atoms with E-state index in [0.717, 1.165) is 0 Å². The zero-order valence-electron chi connectivity index (χ0n) is 12.6. The quantitative estimate of drug-likeness (QED) is 0.589. The van der Waals surface area contributed by atoms with Crippen LogP contribution in [0.1, 0.15) is 12.8 Å². The zero-order chi connectivity index (χ0) is 18.1. The molecule has 0 fully saturated rings. The molecule has 0 bridgehead atoms. The Morgan fingerprint density at radius 3 is 1.39 bits per heavy atom. The van der Waals surface area contributed by atoms with E-state index in [4.69, 9.17) is 4.42 Å². The van der Waals surface area contributed by atoms with Crippen LogP contribution in [0, 0.1) is 0 Å². The van der Waals surface area contributed by atoms with E-state index < -0.39 is 53.9 Å². The lowest BCUT2D eigenvalue weighted by Gasteiger charge is -2.21. The van der Waals surface area contributed by atoms with E-state index in [2.05, 4.69) is 0 Å². The maximum Gasteiger partial charge on any atom is 0.388 e. The van der Waals surface area contributed by atoms with Gasteiger partial charge in [-0.05, 0) is 37.3 Å². The molecule has 1 heterocycles. The first kappa shape index (κ1) is 20.3. The summed E-state index contributed by atoms with van der Waals surface area (Å²) in [6.45, 7) is 2.51. The molecule has 0 amide bonds. The number of alkyl halides is 6. The second-order valence-electron chi connectivity index (χ2n) is 5.94. The fraction of sp³-hybridized carbons (Fsp3) is 0.667. The molecule has 11 heteroatoms. The molecule has 0 saturated heterocycles. The van der Waals surface area contributed by atoms with Gasteiger partial charge in [0.05, 0.1) is 0 Å². The fourth-order valence-electron chi connectivity index (χ4n) is 1.93. The van der Waals surface area contributed by atoms with Crippen LogP contribution in [0.4, 0.5) is 26.3 Å². The van der Waals surface area contributed by atoms with Crippen molar-refractivity contribution in [3.8, 4) is 0 Å². The van der Waals surface area contributed by atoms with Crippen LogP contribution in [0.25, 0.3) is 0 Å². The maximum atomic E-state index is 12.2. The smallest absolute Gasteiger partial charge is 0.388 e. The van der Waals surface area contributed by atoms with Crippen LogP contribution in [0.5, 0.6) is 0 Å². The van der Waals surface area contributed by atoms with Crippen molar-refractivity contribution in [3.05, 3.63) is 12.1 Å². The average Bonchev–Trinajstić information content (AvgIpc) is 2.84. The van der Waals surface area contributed by atoms with Crippen molar-refractivity contribution in [2.75, 3.05) is 0 Å². The summed E-state index contributed by atoms with van der Waals surface area (Å²) in [5.41, 5.74) is 0. The molecule has 2 atom stereocenters. The minimum absolute atomic E-state index is 0.0727. The molecule has 0 aromatic carbocycles. The summed E-state index contributed by atoms with van der Waals surface area (Å²) in [4.78, 5) is 20.4. The summed E-state index contributed by atoms with van der Waals surface area (Å²) < 4.78 is 78.7. The van der Waals surface area contributed by atoms with Gasteiger partial charge in [0, 0.05) is 12.8 Å². The van der Waals surface area contributed by atoms with Gasteiger partial charge in [-0.15, -0.1) is 0 Å². The van der Waals surface area contributed by atoms with Gasteiger partial charge in [-0.1, -0.05) is 0 Å². The first-order chi connectivity index (χ1) is 10.1. The number of hydrogen-bond donors (Lipinski definition) is 2. The van der Waals surface area contributed by atoms with E-state index in [1.165, 1.54) is 25.2 Å². The highest BCUT2D eigenvalue weighted by atomic mass is 28.4. The minimum atomic E-state index is -4.42. The van der Waals surface area contributed by atoms with Gasteiger partial charge in [0.15, 0.2) is 0 Å². The number of halogens is 6. The molecular weight excluding hydrogens is 362 g/mol. The van der Waals surface area contributed by atoms with Gasteiger partial charge in [0.1, 0.15) is 10.8 Å². The third kappa shape index (κ3) is 6.69. The highest BCUT2D eigenvalue weighted by Crippen LogP contribution is 2.26. The van der Waals surface area contributed by atoms with Crippen molar-refractivity contribution in [1.82, 2.24) is 0 Å². The molecule has 0 radical (unpaired) electrons. The minimum Gasteiger partial charge on any atom is -0.470 e. The predicted octanol–water partition coefficient (Wildman–Crippen LogP) is 2.73. The monoisotopic (exact) mass is 380 g/mol. The Morgan fingerprint density at radius 2 is 1.13 bits per heavy atom. The normalized spacial score (nSPS) is 18.5. The molecule has 1 aromatic rings. The highest BCUT2D eigenvalue weighted by Gasteiger charge is 2.41. The molecule has 0 aliphatic heterocycles. The Labute approximate surface area is 131 Å². The standard InChI is InChI=1S/C12H18F6O3Si2/c1-22(19,7-5-11(13,14)15)9-3-4-10(21-9)23(2,20)8-6-12(16,17)18/h3-4,19-20H,5-8H2,1-2H3. The Kier molecular flexibility index (Phi) is 5.82. The number of rotatable bonds is 6. The molecule has 1 aromatic heterocycles. The highest BCUT2D eigenvalue weighted by molar-refractivity contribution is 6.85. The van der Waals surface area contributed by atoms with Crippen molar-refractivity contribution in [2.45, 2.75) is 50.4 Å². The van der Waals surface area contributed by atoms with E-state index in [9.17, 15) is 35.9 Å². The number of furan rings is 1. The van der Waals surface area contributed by atoms with E-state index in [-0.39, 0.29) is 10.8 Å². The first-order valence-electron chi connectivity index (χ1n) is 6.81. The Morgan fingerprint density at radius 1 is 0.826 bits per heavy atom. The molecule has 2 N–H and O–H groups in total. The molecule has 134 valence electrons. The average molecular weight is 380 g/mol. The lowest BCUT2D eigenvalue weighted by atomic mass is 10.5. The first-order valence-corrected chi connectivity index (χ1v) is 12.1. The largest absolute Gasteiger partial charge is 0.470 e. The summed E-state index contributed by atoms with van der Waals surface area (Å²) in [5.74, 6) is 0. The fourth-order valence-corrected chi connectivity index (χ4v) is 5.61. The van der Waals surface area contributed by atoms with Gasteiger partial charge in [0.25, 0.3) is 16.6 Å². The van der Waals surface area contributed by atoms with E-state index in [1.807, 2.05) is 0 Å².